The second kappa shape index (κ2) is 7.05. The monoisotopic (exact) mass is 347 g/mol. The fraction of sp³-hybridized carbons (Fsp3) is 0.778. The number of piperazine rings is 1. The molecule has 3 heterocycles. The third-order valence-corrected chi connectivity index (χ3v) is 5.61. The highest BCUT2D eigenvalue weighted by Crippen LogP contribution is 2.35. The van der Waals surface area contributed by atoms with Crippen LogP contribution in [-0.2, 0) is 11.3 Å². The number of rotatable bonds is 5. The zero-order valence-corrected chi connectivity index (χ0v) is 15.2. The fourth-order valence-corrected chi connectivity index (χ4v) is 3.97. The average Bonchev–Trinajstić information content (AvgIpc) is 3.34. The Kier molecular flexibility index (Phi) is 4.80. The Morgan fingerprint density at radius 1 is 1.28 bits per heavy atom. The molecule has 1 saturated carbocycles. The lowest BCUT2D eigenvalue weighted by Gasteiger charge is -2.43. The van der Waals surface area contributed by atoms with Crippen molar-refractivity contribution in [3.05, 3.63) is 17.8 Å². The van der Waals surface area contributed by atoms with Crippen LogP contribution >= 0.6 is 0 Å². The molecule has 3 fully saturated rings. The molecule has 7 nitrogen and oxygen atoms in total. The Bertz CT molecular complexity index is 604. The molecule has 1 aromatic rings. The van der Waals surface area contributed by atoms with Crippen molar-refractivity contribution in [1.29, 1.82) is 0 Å². The molecule has 2 N–H and O–H groups in total. The average molecular weight is 347 g/mol. The number of hydrogen-bond acceptors (Lipinski definition) is 6. The lowest BCUT2D eigenvalue weighted by atomic mass is 10.1. The highest BCUT2D eigenvalue weighted by atomic mass is 16.3. The summed E-state index contributed by atoms with van der Waals surface area (Å²) in [6, 6.07) is 0.362. The molecule has 7 heteroatoms. The van der Waals surface area contributed by atoms with Crippen molar-refractivity contribution in [3.63, 3.8) is 0 Å². The molecular formula is C18H29N5O2. The standard InChI is InChI=1S/C18H29N5O2/c1-12(2)17-15(19-11-25-17)10-22-5-7-23(8-6-22)18-20-14(13-3-4-13)9-16(24)21-18/h11-14,18,20H,3-10H2,1-2H3,(H,21,24). The third-order valence-electron chi connectivity index (χ3n) is 5.61. The Hall–Kier alpha value is -1.44. The predicted octanol–water partition coefficient (Wildman–Crippen LogP) is 1.09. The number of hydrogen-bond donors (Lipinski definition) is 2. The number of amides is 1. The zero-order chi connectivity index (χ0) is 17.4. The van der Waals surface area contributed by atoms with Crippen LogP contribution in [0.25, 0.3) is 0 Å². The molecular weight excluding hydrogens is 318 g/mol. The summed E-state index contributed by atoms with van der Waals surface area (Å²) in [4.78, 5) is 21.2. The summed E-state index contributed by atoms with van der Waals surface area (Å²) < 4.78 is 5.53. The Morgan fingerprint density at radius 3 is 2.72 bits per heavy atom. The number of nitrogens with one attached hydrogen (secondary N) is 2. The molecule has 3 aliphatic rings. The summed E-state index contributed by atoms with van der Waals surface area (Å²) in [6.45, 7) is 8.96. The van der Waals surface area contributed by atoms with E-state index in [-0.39, 0.29) is 12.2 Å². The van der Waals surface area contributed by atoms with Crippen molar-refractivity contribution in [2.45, 2.75) is 57.9 Å². The maximum absolute atomic E-state index is 12.0. The Morgan fingerprint density at radius 2 is 2.04 bits per heavy atom. The van der Waals surface area contributed by atoms with Crippen molar-refractivity contribution >= 4 is 5.91 Å². The van der Waals surface area contributed by atoms with Gasteiger partial charge in [-0.15, -0.1) is 0 Å². The van der Waals surface area contributed by atoms with Gasteiger partial charge < -0.3 is 9.73 Å². The molecule has 25 heavy (non-hydrogen) atoms. The van der Waals surface area contributed by atoms with Crippen molar-refractivity contribution in [2.75, 3.05) is 26.2 Å². The maximum Gasteiger partial charge on any atom is 0.223 e. The van der Waals surface area contributed by atoms with Gasteiger partial charge in [-0.2, -0.15) is 0 Å². The molecule has 0 aromatic carbocycles. The molecule has 2 unspecified atom stereocenters. The van der Waals surface area contributed by atoms with Crippen LogP contribution in [0.1, 0.15) is 50.5 Å². The lowest BCUT2D eigenvalue weighted by Crippen LogP contribution is -2.66. The van der Waals surface area contributed by atoms with Gasteiger partial charge in [0.05, 0.1) is 5.69 Å². The molecule has 0 bridgehead atoms. The first-order valence-corrected chi connectivity index (χ1v) is 9.54. The molecule has 1 aliphatic carbocycles. The van der Waals surface area contributed by atoms with Crippen molar-refractivity contribution in [1.82, 2.24) is 25.4 Å². The van der Waals surface area contributed by atoms with Crippen LogP contribution in [0, 0.1) is 5.92 Å². The van der Waals surface area contributed by atoms with Crippen LogP contribution in [0.2, 0.25) is 0 Å². The van der Waals surface area contributed by atoms with E-state index in [4.69, 9.17) is 4.42 Å². The second-order valence-corrected chi connectivity index (χ2v) is 7.91. The molecule has 2 saturated heterocycles. The summed E-state index contributed by atoms with van der Waals surface area (Å²) in [5, 5.41) is 6.76. The van der Waals surface area contributed by atoms with Gasteiger partial charge in [-0.25, -0.2) is 4.98 Å². The fourth-order valence-electron chi connectivity index (χ4n) is 3.97. The predicted molar refractivity (Wildman–Crippen MR) is 93.6 cm³/mol. The largest absolute Gasteiger partial charge is 0.448 e. The van der Waals surface area contributed by atoms with E-state index in [0.29, 0.717) is 24.3 Å². The summed E-state index contributed by atoms with van der Waals surface area (Å²) in [6.07, 6.45) is 4.71. The van der Waals surface area contributed by atoms with Crippen molar-refractivity contribution in [3.8, 4) is 0 Å². The summed E-state index contributed by atoms with van der Waals surface area (Å²) in [5.41, 5.74) is 1.06. The van der Waals surface area contributed by atoms with Gasteiger partial charge >= 0.3 is 0 Å². The van der Waals surface area contributed by atoms with Gasteiger partial charge in [-0.3, -0.25) is 19.9 Å². The number of carbonyl (C=O) groups is 1. The summed E-state index contributed by atoms with van der Waals surface area (Å²) >= 11 is 0. The van der Waals surface area contributed by atoms with E-state index in [1.165, 1.54) is 12.8 Å². The quantitative estimate of drug-likeness (QED) is 0.831. The number of oxazole rings is 1. The molecule has 4 rings (SSSR count). The Balaban J connectivity index is 1.30. The van der Waals surface area contributed by atoms with E-state index in [0.717, 1.165) is 44.2 Å². The molecule has 0 spiro atoms. The topological polar surface area (TPSA) is 73.6 Å². The normalized spacial score (nSPS) is 29.2. The van der Waals surface area contributed by atoms with E-state index < -0.39 is 0 Å². The van der Waals surface area contributed by atoms with E-state index in [2.05, 4.69) is 39.3 Å². The number of carbonyl (C=O) groups excluding carboxylic acids is 1. The molecule has 2 atom stereocenters. The van der Waals surface area contributed by atoms with Crippen LogP contribution in [0.4, 0.5) is 0 Å². The van der Waals surface area contributed by atoms with Gasteiger partial charge in [0.25, 0.3) is 0 Å². The smallest absolute Gasteiger partial charge is 0.223 e. The molecule has 138 valence electrons. The van der Waals surface area contributed by atoms with Gasteiger partial charge in [0.15, 0.2) is 6.39 Å². The molecule has 2 aliphatic heterocycles. The van der Waals surface area contributed by atoms with Gasteiger partial charge in [0.2, 0.25) is 5.91 Å². The summed E-state index contributed by atoms with van der Waals surface area (Å²) in [5.74, 6) is 2.25. The van der Waals surface area contributed by atoms with E-state index >= 15 is 0 Å². The first-order valence-electron chi connectivity index (χ1n) is 9.54. The van der Waals surface area contributed by atoms with Crippen LogP contribution in [-0.4, -0.2) is 59.2 Å². The van der Waals surface area contributed by atoms with Crippen LogP contribution in [0.3, 0.4) is 0 Å². The van der Waals surface area contributed by atoms with Crippen molar-refractivity contribution in [2.24, 2.45) is 5.92 Å². The first-order chi connectivity index (χ1) is 12.1. The summed E-state index contributed by atoms with van der Waals surface area (Å²) in [7, 11) is 0. The number of aromatic nitrogens is 1. The van der Waals surface area contributed by atoms with Crippen LogP contribution < -0.4 is 10.6 Å². The van der Waals surface area contributed by atoms with Gasteiger partial charge in [-0.1, -0.05) is 13.8 Å². The van der Waals surface area contributed by atoms with E-state index in [9.17, 15) is 4.79 Å². The van der Waals surface area contributed by atoms with Crippen molar-refractivity contribution < 1.29 is 9.21 Å². The van der Waals surface area contributed by atoms with Crippen LogP contribution in [0.5, 0.6) is 0 Å². The van der Waals surface area contributed by atoms with E-state index in [1.807, 2.05) is 0 Å². The van der Waals surface area contributed by atoms with Crippen LogP contribution in [0.15, 0.2) is 10.8 Å². The highest BCUT2D eigenvalue weighted by molar-refractivity contribution is 5.77. The Labute approximate surface area is 149 Å². The third kappa shape index (κ3) is 3.88. The second-order valence-electron chi connectivity index (χ2n) is 7.91. The van der Waals surface area contributed by atoms with E-state index in [1.54, 1.807) is 6.39 Å². The zero-order valence-electron chi connectivity index (χ0n) is 15.2. The van der Waals surface area contributed by atoms with Gasteiger partial charge in [0.1, 0.15) is 12.0 Å². The number of nitrogens with zero attached hydrogens (tertiary/aromatic N) is 3. The SMILES string of the molecule is CC(C)c1ocnc1CN1CCN(C2NC(=O)CC(C3CC3)N2)CC1. The molecule has 1 aromatic heterocycles. The van der Waals surface area contributed by atoms with Gasteiger partial charge in [0, 0.05) is 51.1 Å². The molecule has 0 radical (unpaired) electrons. The molecule has 1 amide bonds. The maximum atomic E-state index is 12.0. The van der Waals surface area contributed by atoms with Gasteiger partial charge in [-0.05, 0) is 18.8 Å². The minimum absolute atomic E-state index is 0.00715. The highest BCUT2D eigenvalue weighted by Gasteiger charge is 2.39. The minimum Gasteiger partial charge on any atom is -0.448 e. The lowest BCUT2D eigenvalue weighted by molar-refractivity contribution is -0.127. The minimum atomic E-state index is -0.00715. The first kappa shape index (κ1) is 17.0.